The molecule has 1 aromatic rings. The molecule has 0 aromatic heterocycles. The Labute approximate surface area is 164 Å². The van der Waals surface area contributed by atoms with E-state index in [0.29, 0.717) is 37.3 Å². The first-order chi connectivity index (χ1) is 13.5. The van der Waals surface area contributed by atoms with Crippen LogP contribution in [0.15, 0.2) is 36.9 Å². The van der Waals surface area contributed by atoms with Crippen molar-refractivity contribution in [3.05, 3.63) is 42.5 Å². The molecule has 1 aliphatic carbocycles. The first-order valence-electron chi connectivity index (χ1n) is 9.78. The van der Waals surface area contributed by atoms with E-state index in [1.54, 1.807) is 24.3 Å². The smallest absolute Gasteiger partial charge is 0.255 e. The quantitative estimate of drug-likeness (QED) is 0.611. The lowest BCUT2D eigenvalue weighted by atomic mass is 9.53. The molecule has 7 heteroatoms. The number of nitrogens with one attached hydrogen (secondary N) is 2. The third-order valence-electron chi connectivity index (χ3n) is 6.47. The second-order valence-corrected chi connectivity index (χ2v) is 8.11. The number of benzene rings is 1. The largest absolute Gasteiger partial charge is 0.489 e. The van der Waals surface area contributed by atoms with E-state index in [9.17, 15) is 9.59 Å². The van der Waals surface area contributed by atoms with Gasteiger partial charge in [-0.05, 0) is 50.9 Å². The Morgan fingerprint density at radius 3 is 2.68 bits per heavy atom. The van der Waals surface area contributed by atoms with Gasteiger partial charge in [0.1, 0.15) is 12.4 Å². The number of piperidine rings is 1. The summed E-state index contributed by atoms with van der Waals surface area (Å²) in [6, 6.07) is 7.10. The summed E-state index contributed by atoms with van der Waals surface area (Å²) in [7, 11) is 0. The van der Waals surface area contributed by atoms with Crippen LogP contribution in [0.2, 0.25) is 0 Å². The number of para-hydroxylation sites is 1. The first kappa shape index (κ1) is 19.0. The second-order valence-electron chi connectivity index (χ2n) is 8.11. The SMILES string of the molecule is C=CCOc1ccccc1C(=O)NCC12CC(C(N)=O)(C1)C1(CCNCC1)O2. The van der Waals surface area contributed by atoms with Crippen LogP contribution in [0.5, 0.6) is 5.75 Å². The van der Waals surface area contributed by atoms with Gasteiger partial charge in [-0.25, -0.2) is 0 Å². The Hall–Kier alpha value is -2.38. The normalized spacial score (nSPS) is 29.7. The summed E-state index contributed by atoms with van der Waals surface area (Å²) in [5, 5.41) is 6.29. The average Bonchev–Trinajstić information content (AvgIpc) is 3.09. The third kappa shape index (κ3) is 2.81. The lowest BCUT2D eigenvalue weighted by molar-refractivity contribution is -0.137. The van der Waals surface area contributed by atoms with E-state index in [0.717, 1.165) is 25.9 Å². The molecule has 3 heterocycles. The minimum atomic E-state index is -0.606. The number of hydrogen-bond acceptors (Lipinski definition) is 5. The molecular formula is C21H27N3O4. The number of primary amides is 1. The zero-order valence-electron chi connectivity index (χ0n) is 16.0. The fourth-order valence-corrected chi connectivity index (χ4v) is 5.19. The van der Waals surface area contributed by atoms with E-state index in [1.165, 1.54) is 0 Å². The Balaban J connectivity index is 1.46. The molecule has 150 valence electrons. The van der Waals surface area contributed by atoms with E-state index in [4.69, 9.17) is 15.2 Å². The lowest BCUT2D eigenvalue weighted by Gasteiger charge is -2.47. The molecule has 5 rings (SSSR count). The number of rotatable bonds is 7. The highest BCUT2D eigenvalue weighted by Crippen LogP contribution is 2.68. The van der Waals surface area contributed by atoms with Crippen molar-refractivity contribution in [2.45, 2.75) is 36.9 Å². The van der Waals surface area contributed by atoms with Gasteiger partial charge < -0.3 is 25.8 Å². The van der Waals surface area contributed by atoms with Crippen molar-refractivity contribution < 1.29 is 19.1 Å². The molecule has 2 bridgehead atoms. The molecule has 4 N–H and O–H groups in total. The molecular weight excluding hydrogens is 358 g/mol. The van der Waals surface area contributed by atoms with Crippen LogP contribution in [-0.2, 0) is 9.53 Å². The standard InChI is InChI=1S/C21H27N3O4/c1-2-11-27-16-6-4-3-5-15(16)17(25)24-14-19-12-20(13-19,18(22)26)21(28-19)7-9-23-10-8-21/h2-6,23H,1,7-14H2,(H2,22,26)(H,24,25). The van der Waals surface area contributed by atoms with Crippen LogP contribution in [-0.4, -0.2) is 49.3 Å². The molecule has 0 unspecified atom stereocenters. The van der Waals surface area contributed by atoms with Crippen LogP contribution < -0.4 is 21.1 Å². The highest BCUT2D eigenvalue weighted by Gasteiger charge is 2.77. The van der Waals surface area contributed by atoms with Gasteiger partial charge in [0.25, 0.3) is 5.91 Å². The van der Waals surface area contributed by atoms with Crippen LogP contribution in [0.25, 0.3) is 0 Å². The monoisotopic (exact) mass is 385 g/mol. The molecule has 7 nitrogen and oxygen atoms in total. The number of carbonyl (C=O) groups excluding carboxylic acids is 2. The van der Waals surface area contributed by atoms with Gasteiger partial charge in [-0.1, -0.05) is 24.8 Å². The van der Waals surface area contributed by atoms with Crippen molar-refractivity contribution in [3.8, 4) is 5.75 Å². The van der Waals surface area contributed by atoms with E-state index >= 15 is 0 Å². The zero-order chi connectivity index (χ0) is 19.8. The minimum absolute atomic E-state index is 0.222. The summed E-state index contributed by atoms with van der Waals surface area (Å²) in [6.45, 7) is 5.93. The molecule has 1 saturated carbocycles. The molecule has 0 atom stereocenters. The van der Waals surface area contributed by atoms with E-state index in [1.807, 2.05) is 6.07 Å². The summed E-state index contributed by atoms with van der Waals surface area (Å²) in [4.78, 5) is 25.0. The summed E-state index contributed by atoms with van der Waals surface area (Å²) < 4.78 is 12.1. The minimum Gasteiger partial charge on any atom is -0.489 e. The Morgan fingerprint density at radius 2 is 2.00 bits per heavy atom. The molecule has 4 fully saturated rings. The Kier molecular flexibility index (Phi) is 4.67. The van der Waals surface area contributed by atoms with Crippen LogP contribution in [0.4, 0.5) is 0 Å². The summed E-state index contributed by atoms with van der Waals surface area (Å²) in [5.74, 6) is 0.0113. The fourth-order valence-electron chi connectivity index (χ4n) is 5.19. The molecule has 3 aliphatic heterocycles. The fraction of sp³-hybridized carbons (Fsp3) is 0.524. The highest BCUT2D eigenvalue weighted by atomic mass is 16.5. The van der Waals surface area contributed by atoms with E-state index in [-0.39, 0.29) is 11.8 Å². The number of hydrogen-bond donors (Lipinski definition) is 3. The molecule has 0 radical (unpaired) electrons. The molecule has 4 aliphatic rings. The maximum Gasteiger partial charge on any atom is 0.255 e. The predicted octanol–water partition coefficient (Wildman–Crippen LogP) is 1.14. The predicted molar refractivity (Wildman–Crippen MR) is 104 cm³/mol. The van der Waals surface area contributed by atoms with Crippen molar-refractivity contribution >= 4 is 11.8 Å². The number of ether oxygens (including phenoxy) is 2. The molecule has 3 saturated heterocycles. The van der Waals surface area contributed by atoms with Gasteiger partial charge in [0.2, 0.25) is 5.91 Å². The summed E-state index contributed by atoms with van der Waals surface area (Å²) >= 11 is 0. The van der Waals surface area contributed by atoms with Crippen LogP contribution >= 0.6 is 0 Å². The number of carbonyl (C=O) groups is 2. The van der Waals surface area contributed by atoms with Gasteiger partial charge in [0.15, 0.2) is 0 Å². The second kappa shape index (κ2) is 6.90. The maximum atomic E-state index is 12.8. The summed E-state index contributed by atoms with van der Waals surface area (Å²) in [5.41, 5.74) is 4.64. The van der Waals surface area contributed by atoms with Gasteiger partial charge in [0, 0.05) is 6.54 Å². The van der Waals surface area contributed by atoms with Crippen molar-refractivity contribution in [3.63, 3.8) is 0 Å². The topological polar surface area (TPSA) is 103 Å². The van der Waals surface area contributed by atoms with Crippen LogP contribution in [0.3, 0.4) is 0 Å². The molecule has 2 amide bonds. The van der Waals surface area contributed by atoms with Crippen molar-refractivity contribution in [1.82, 2.24) is 10.6 Å². The van der Waals surface area contributed by atoms with Gasteiger partial charge >= 0.3 is 0 Å². The first-order valence-corrected chi connectivity index (χ1v) is 9.78. The lowest BCUT2D eigenvalue weighted by Crippen LogP contribution is -2.60. The molecule has 1 aromatic carbocycles. The van der Waals surface area contributed by atoms with Crippen molar-refractivity contribution in [2.75, 3.05) is 26.2 Å². The van der Waals surface area contributed by atoms with Crippen LogP contribution in [0.1, 0.15) is 36.0 Å². The van der Waals surface area contributed by atoms with Crippen molar-refractivity contribution in [2.24, 2.45) is 11.1 Å². The number of nitrogens with two attached hydrogens (primary N) is 1. The zero-order valence-corrected chi connectivity index (χ0v) is 16.0. The van der Waals surface area contributed by atoms with Gasteiger partial charge in [0.05, 0.1) is 22.2 Å². The maximum absolute atomic E-state index is 12.8. The van der Waals surface area contributed by atoms with E-state index in [2.05, 4.69) is 17.2 Å². The third-order valence-corrected chi connectivity index (χ3v) is 6.47. The Morgan fingerprint density at radius 1 is 1.29 bits per heavy atom. The van der Waals surface area contributed by atoms with Gasteiger partial charge in [-0.2, -0.15) is 0 Å². The van der Waals surface area contributed by atoms with E-state index < -0.39 is 16.6 Å². The van der Waals surface area contributed by atoms with Crippen LogP contribution in [0, 0.1) is 5.41 Å². The van der Waals surface area contributed by atoms with Gasteiger partial charge in [-0.15, -0.1) is 0 Å². The number of amides is 2. The Bertz CT molecular complexity index is 795. The van der Waals surface area contributed by atoms with Gasteiger partial charge in [-0.3, -0.25) is 9.59 Å². The molecule has 1 spiro atoms. The molecule has 28 heavy (non-hydrogen) atoms. The summed E-state index contributed by atoms with van der Waals surface area (Å²) in [6.07, 6.45) is 4.32. The highest BCUT2D eigenvalue weighted by molar-refractivity contribution is 5.97. The van der Waals surface area contributed by atoms with Crippen molar-refractivity contribution in [1.29, 1.82) is 0 Å². The average molecular weight is 385 g/mol.